The SMILES string of the molecule is NCCCOCCOCCOCCC(N)C(=O)OCC1c2ccccc2-c2ccccc21. The lowest BCUT2D eigenvalue weighted by molar-refractivity contribution is -0.146. The van der Waals surface area contributed by atoms with E-state index in [1.54, 1.807) is 0 Å². The molecule has 0 bridgehead atoms. The van der Waals surface area contributed by atoms with Gasteiger partial charge in [0.25, 0.3) is 0 Å². The van der Waals surface area contributed by atoms with Gasteiger partial charge in [0.2, 0.25) is 0 Å². The fraction of sp³-hybridized carbons (Fsp3) is 0.480. The van der Waals surface area contributed by atoms with Gasteiger partial charge in [-0.15, -0.1) is 0 Å². The average molecular weight is 443 g/mol. The number of esters is 1. The molecule has 0 fully saturated rings. The van der Waals surface area contributed by atoms with Crippen LogP contribution >= 0.6 is 0 Å². The van der Waals surface area contributed by atoms with Crippen molar-refractivity contribution in [3.05, 3.63) is 59.7 Å². The van der Waals surface area contributed by atoms with Gasteiger partial charge in [-0.2, -0.15) is 0 Å². The highest BCUT2D eigenvalue weighted by molar-refractivity contribution is 5.79. The van der Waals surface area contributed by atoms with Gasteiger partial charge in [-0.05, 0) is 41.6 Å². The molecular formula is C25H34N2O5. The van der Waals surface area contributed by atoms with Crippen LogP contribution in [-0.4, -0.2) is 64.8 Å². The summed E-state index contributed by atoms with van der Waals surface area (Å²) in [4.78, 5) is 12.4. The molecule has 1 aliphatic carbocycles. The number of carbonyl (C=O) groups is 1. The highest BCUT2D eigenvalue weighted by atomic mass is 16.5. The number of rotatable bonds is 15. The number of carbonyl (C=O) groups excluding carboxylic acids is 1. The van der Waals surface area contributed by atoms with Crippen LogP contribution < -0.4 is 11.5 Å². The number of nitrogens with two attached hydrogens (primary N) is 2. The molecule has 0 saturated carbocycles. The topological polar surface area (TPSA) is 106 Å². The monoisotopic (exact) mass is 442 g/mol. The van der Waals surface area contributed by atoms with E-state index in [1.165, 1.54) is 22.3 Å². The predicted octanol–water partition coefficient (Wildman–Crippen LogP) is 2.46. The smallest absolute Gasteiger partial charge is 0.323 e. The Morgan fingerprint density at radius 2 is 1.34 bits per heavy atom. The van der Waals surface area contributed by atoms with Crippen LogP contribution in [-0.2, 0) is 23.7 Å². The molecule has 0 radical (unpaired) electrons. The minimum atomic E-state index is -0.709. The van der Waals surface area contributed by atoms with Gasteiger partial charge in [0.1, 0.15) is 12.6 Å². The van der Waals surface area contributed by atoms with Crippen LogP contribution in [0.5, 0.6) is 0 Å². The first-order chi connectivity index (χ1) is 15.7. The molecule has 0 saturated heterocycles. The van der Waals surface area contributed by atoms with E-state index in [9.17, 15) is 4.79 Å². The first-order valence-corrected chi connectivity index (χ1v) is 11.3. The van der Waals surface area contributed by atoms with E-state index in [1.807, 2.05) is 24.3 Å². The van der Waals surface area contributed by atoms with Crippen LogP contribution in [0.4, 0.5) is 0 Å². The van der Waals surface area contributed by atoms with Crippen molar-refractivity contribution < 1.29 is 23.7 Å². The zero-order valence-corrected chi connectivity index (χ0v) is 18.5. The van der Waals surface area contributed by atoms with E-state index >= 15 is 0 Å². The molecule has 1 unspecified atom stereocenters. The Morgan fingerprint density at radius 1 is 0.812 bits per heavy atom. The maximum absolute atomic E-state index is 12.4. The second-order valence-corrected chi connectivity index (χ2v) is 7.73. The minimum Gasteiger partial charge on any atom is -0.464 e. The molecule has 2 aromatic rings. The van der Waals surface area contributed by atoms with Crippen molar-refractivity contribution in [3.8, 4) is 11.1 Å². The van der Waals surface area contributed by atoms with E-state index < -0.39 is 12.0 Å². The number of benzene rings is 2. The molecule has 3 rings (SSSR count). The summed E-state index contributed by atoms with van der Waals surface area (Å²) in [6, 6.07) is 15.8. The Balaban J connectivity index is 1.31. The summed E-state index contributed by atoms with van der Waals surface area (Å²) in [5.74, 6) is -0.368. The van der Waals surface area contributed by atoms with Crippen LogP contribution in [0.3, 0.4) is 0 Å². The number of hydrogen-bond acceptors (Lipinski definition) is 7. The van der Waals surface area contributed by atoms with E-state index in [-0.39, 0.29) is 12.5 Å². The largest absolute Gasteiger partial charge is 0.464 e. The molecule has 1 aliphatic rings. The lowest BCUT2D eigenvalue weighted by Gasteiger charge is -2.16. The fourth-order valence-corrected chi connectivity index (χ4v) is 3.77. The molecule has 0 spiro atoms. The highest BCUT2D eigenvalue weighted by Crippen LogP contribution is 2.44. The van der Waals surface area contributed by atoms with Gasteiger partial charge in [0.15, 0.2) is 0 Å². The molecule has 0 heterocycles. The molecule has 32 heavy (non-hydrogen) atoms. The highest BCUT2D eigenvalue weighted by Gasteiger charge is 2.29. The van der Waals surface area contributed by atoms with Gasteiger partial charge in [-0.3, -0.25) is 4.79 Å². The first kappa shape index (κ1) is 24.4. The van der Waals surface area contributed by atoms with Crippen LogP contribution in [0.2, 0.25) is 0 Å². The average Bonchev–Trinajstić information content (AvgIpc) is 3.14. The van der Waals surface area contributed by atoms with Crippen LogP contribution in [0.1, 0.15) is 29.9 Å². The van der Waals surface area contributed by atoms with E-state index in [0.717, 1.165) is 6.42 Å². The Morgan fingerprint density at radius 3 is 1.94 bits per heavy atom. The van der Waals surface area contributed by atoms with Gasteiger partial charge in [0, 0.05) is 19.1 Å². The van der Waals surface area contributed by atoms with Gasteiger partial charge in [-0.1, -0.05) is 48.5 Å². The third-order valence-electron chi connectivity index (χ3n) is 5.47. The van der Waals surface area contributed by atoms with E-state index in [2.05, 4.69) is 24.3 Å². The summed E-state index contributed by atoms with van der Waals surface area (Å²) in [7, 11) is 0. The number of hydrogen-bond donors (Lipinski definition) is 2. The predicted molar refractivity (Wildman–Crippen MR) is 123 cm³/mol. The number of ether oxygens (including phenoxy) is 4. The molecule has 4 N–H and O–H groups in total. The van der Waals surface area contributed by atoms with Gasteiger partial charge >= 0.3 is 5.97 Å². The lowest BCUT2D eigenvalue weighted by Crippen LogP contribution is -2.34. The third-order valence-corrected chi connectivity index (χ3v) is 5.47. The Bertz CT molecular complexity index is 799. The first-order valence-electron chi connectivity index (χ1n) is 11.3. The van der Waals surface area contributed by atoms with Crippen molar-refractivity contribution in [1.29, 1.82) is 0 Å². The van der Waals surface area contributed by atoms with Gasteiger partial charge in [-0.25, -0.2) is 0 Å². The standard InChI is InChI=1S/C25H34N2O5/c26-11-5-12-29-14-16-31-17-15-30-13-10-24(27)25(28)32-18-23-21-8-3-1-6-19(21)20-7-2-4-9-22(20)23/h1-4,6-9,23-24H,5,10-18,26-27H2. The molecule has 7 nitrogen and oxygen atoms in total. The molecule has 2 aromatic carbocycles. The molecular weight excluding hydrogens is 408 g/mol. The van der Waals surface area contributed by atoms with E-state index in [0.29, 0.717) is 52.6 Å². The summed E-state index contributed by atoms with van der Waals surface area (Å²) in [6.07, 6.45) is 1.26. The Labute approximate surface area is 190 Å². The molecule has 7 heteroatoms. The molecule has 174 valence electrons. The van der Waals surface area contributed by atoms with Gasteiger partial charge in [0.05, 0.1) is 26.4 Å². The van der Waals surface area contributed by atoms with Crippen molar-refractivity contribution in [2.24, 2.45) is 11.5 Å². The maximum Gasteiger partial charge on any atom is 0.323 e. The number of fused-ring (bicyclic) bond motifs is 3. The quantitative estimate of drug-likeness (QED) is 0.322. The zero-order chi connectivity index (χ0) is 22.6. The summed E-state index contributed by atoms with van der Waals surface area (Å²) in [5.41, 5.74) is 16.2. The minimum absolute atomic E-state index is 0.0336. The fourth-order valence-electron chi connectivity index (χ4n) is 3.77. The van der Waals surface area contributed by atoms with Crippen LogP contribution in [0.15, 0.2) is 48.5 Å². The summed E-state index contributed by atoms with van der Waals surface area (Å²) in [5, 5.41) is 0. The van der Waals surface area contributed by atoms with Crippen molar-refractivity contribution in [2.45, 2.75) is 24.8 Å². The van der Waals surface area contributed by atoms with Crippen molar-refractivity contribution in [2.75, 3.05) is 52.8 Å². The second kappa shape index (κ2) is 13.3. The van der Waals surface area contributed by atoms with Crippen LogP contribution in [0, 0.1) is 0 Å². The third kappa shape index (κ3) is 6.85. The molecule has 1 atom stereocenters. The summed E-state index contributed by atoms with van der Waals surface area (Å²) >= 11 is 0. The Kier molecular flexibility index (Phi) is 10.1. The van der Waals surface area contributed by atoms with Crippen molar-refractivity contribution in [3.63, 3.8) is 0 Å². The van der Waals surface area contributed by atoms with Crippen LogP contribution in [0.25, 0.3) is 11.1 Å². The summed E-state index contributed by atoms with van der Waals surface area (Å²) < 4.78 is 21.8. The van der Waals surface area contributed by atoms with Crippen molar-refractivity contribution in [1.82, 2.24) is 0 Å². The molecule has 0 aromatic heterocycles. The van der Waals surface area contributed by atoms with E-state index in [4.69, 9.17) is 30.4 Å². The lowest BCUT2D eigenvalue weighted by atomic mass is 9.98. The Hall–Kier alpha value is -2.29. The molecule has 0 amide bonds. The zero-order valence-electron chi connectivity index (χ0n) is 18.5. The second-order valence-electron chi connectivity index (χ2n) is 7.73. The van der Waals surface area contributed by atoms with Gasteiger partial charge < -0.3 is 30.4 Å². The normalized spacial score (nSPS) is 13.6. The maximum atomic E-state index is 12.4. The van der Waals surface area contributed by atoms with Crippen molar-refractivity contribution >= 4 is 5.97 Å². The molecule has 0 aliphatic heterocycles. The summed E-state index contributed by atoms with van der Waals surface area (Å²) in [6.45, 7) is 3.93.